The number of fused-ring (bicyclic) bond motifs is 1. The average Bonchev–Trinajstić information content (AvgIpc) is 2.78. The summed E-state index contributed by atoms with van der Waals surface area (Å²) in [5, 5.41) is 3.24. The highest BCUT2D eigenvalue weighted by atomic mass is 16.1. The number of rotatable bonds is 4. The van der Waals surface area contributed by atoms with Gasteiger partial charge in [0.05, 0.1) is 22.8 Å². The normalized spacial score (nSPS) is 21.6. The van der Waals surface area contributed by atoms with Crippen LogP contribution in [0.3, 0.4) is 0 Å². The molecule has 1 aromatic carbocycles. The Labute approximate surface area is 180 Å². The molecule has 3 aromatic rings. The molecule has 1 saturated carbocycles. The van der Waals surface area contributed by atoms with Gasteiger partial charge in [-0.15, -0.1) is 0 Å². The second-order valence-corrected chi connectivity index (χ2v) is 8.29. The molecule has 0 bridgehead atoms. The van der Waals surface area contributed by atoms with Crippen LogP contribution in [0.5, 0.6) is 0 Å². The molecular weight excluding hydrogens is 392 g/mol. The number of aromatic nitrogens is 3. The van der Waals surface area contributed by atoms with Crippen LogP contribution >= 0.6 is 0 Å². The molecule has 1 amide bonds. The SMILES string of the molecule is CNC(=O)c1ccc(N2CCN(C3CC(c4nc5ccccc5c(=O)[nH]4)C3)CC2)cn1. The number of benzene rings is 1. The summed E-state index contributed by atoms with van der Waals surface area (Å²) >= 11 is 0. The molecule has 0 spiro atoms. The Morgan fingerprint density at radius 3 is 2.58 bits per heavy atom. The van der Waals surface area contributed by atoms with Crippen molar-refractivity contribution in [2.24, 2.45) is 0 Å². The van der Waals surface area contributed by atoms with Crippen LogP contribution < -0.4 is 15.8 Å². The van der Waals surface area contributed by atoms with Crippen LogP contribution in [0.25, 0.3) is 10.9 Å². The second kappa shape index (κ2) is 8.11. The Morgan fingerprint density at radius 1 is 1.10 bits per heavy atom. The third-order valence-corrected chi connectivity index (χ3v) is 6.53. The molecule has 1 saturated heterocycles. The molecule has 2 N–H and O–H groups in total. The Kier molecular flexibility index (Phi) is 5.15. The van der Waals surface area contributed by atoms with Crippen LogP contribution in [0, 0.1) is 0 Å². The number of carbonyl (C=O) groups is 1. The number of pyridine rings is 1. The lowest BCUT2D eigenvalue weighted by molar-refractivity contribution is 0.0958. The molecule has 1 aliphatic heterocycles. The monoisotopic (exact) mass is 418 g/mol. The highest BCUT2D eigenvalue weighted by molar-refractivity contribution is 5.92. The van der Waals surface area contributed by atoms with Crippen LogP contribution in [0.4, 0.5) is 5.69 Å². The molecule has 2 aromatic heterocycles. The van der Waals surface area contributed by atoms with Gasteiger partial charge < -0.3 is 15.2 Å². The maximum Gasteiger partial charge on any atom is 0.269 e. The van der Waals surface area contributed by atoms with E-state index in [-0.39, 0.29) is 11.5 Å². The van der Waals surface area contributed by atoms with Crippen molar-refractivity contribution in [3.8, 4) is 0 Å². The van der Waals surface area contributed by atoms with Gasteiger partial charge in [0.2, 0.25) is 0 Å². The maximum atomic E-state index is 12.3. The number of piperazine rings is 1. The van der Waals surface area contributed by atoms with E-state index in [1.807, 2.05) is 30.3 Å². The van der Waals surface area contributed by atoms with Crippen molar-refractivity contribution in [3.63, 3.8) is 0 Å². The predicted molar refractivity (Wildman–Crippen MR) is 120 cm³/mol. The van der Waals surface area contributed by atoms with E-state index in [0.29, 0.717) is 23.0 Å². The number of hydrogen-bond donors (Lipinski definition) is 2. The molecule has 31 heavy (non-hydrogen) atoms. The lowest BCUT2D eigenvalue weighted by Gasteiger charge is -2.46. The predicted octanol–water partition coefficient (Wildman–Crippen LogP) is 1.75. The minimum Gasteiger partial charge on any atom is -0.368 e. The van der Waals surface area contributed by atoms with E-state index in [9.17, 15) is 9.59 Å². The number of hydrogen-bond acceptors (Lipinski definition) is 6. The fraction of sp³-hybridized carbons (Fsp3) is 0.391. The number of aromatic amines is 1. The van der Waals surface area contributed by atoms with Crippen molar-refractivity contribution in [1.82, 2.24) is 25.2 Å². The van der Waals surface area contributed by atoms with Crippen molar-refractivity contribution in [2.75, 3.05) is 38.1 Å². The van der Waals surface area contributed by atoms with Crippen LogP contribution in [0.15, 0.2) is 47.4 Å². The van der Waals surface area contributed by atoms with Crippen LogP contribution in [-0.4, -0.2) is 65.0 Å². The fourth-order valence-electron chi connectivity index (χ4n) is 4.59. The van der Waals surface area contributed by atoms with Gasteiger partial charge in [0.1, 0.15) is 11.5 Å². The van der Waals surface area contributed by atoms with E-state index in [4.69, 9.17) is 4.98 Å². The zero-order valence-corrected chi connectivity index (χ0v) is 17.5. The Balaban J connectivity index is 1.17. The van der Waals surface area contributed by atoms with Crippen molar-refractivity contribution >= 4 is 22.5 Å². The number of H-pyrrole nitrogens is 1. The number of para-hydroxylation sites is 1. The van der Waals surface area contributed by atoms with Crippen LogP contribution in [0.2, 0.25) is 0 Å². The molecule has 1 aliphatic carbocycles. The first-order valence-corrected chi connectivity index (χ1v) is 10.8. The molecule has 3 heterocycles. The van der Waals surface area contributed by atoms with E-state index >= 15 is 0 Å². The fourth-order valence-corrected chi connectivity index (χ4v) is 4.59. The maximum absolute atomic E-state index is 12.3. The van der Waals surface area contributed by atoms with E-state index in [0.717, 1.165) is 56.0 Å². The summed E-state index contributed by atoms with van der Waals surface area (Å²) in [5.74, 6) is 0.973. The summed E-state index contributed by atoms with van der Waals surface area (Å²) in [7, 11) is 1.61. The van der Waals surface area contributed by atoms with Gasteiger partial charge in [0.15, 0.2) is 0 Å². The van der Waals surface area contributed by atoms with Gasteiger partial charge in [-0.25, -0.2) is 9.97 Å². The molecule has 0 unspecified atom stereocenters. The van der Waals surface area contributed by atoms with Gasteiger partial charge in [-0.2, -0.15) is 0 Å². The largest absolute Gasteiger partial charge is 0.368 e. The molecule has 5 rings (SSSR count). The van der Waals surface area contributed by atoms with E-state index in [1.165, 1.54) is 0 Å². The molecule has 0 atom stereocenters. The smallest absolute Gasteiger partial charge is 0.269 e. The van der Waals surface area contributed by atoms with Gasteiger partial charge in [-0.1, -0.05) is 12.1 Å². The molecule has 2 aliphatic rings. The molecule has 8 nitrogen and oxygen atoms in total. The highest BCUT2D eigenvalue weighted by Crippen LogP contribution is 2.38. The average molecular weight is 419 g/mol. The Hall–Kier alpha value is -3.26. The highest BCUT2D eigenvalue weighted by Gasteiger charge is 2.37. The summed E-state index contributed by atoms with van der Waals surface area (Å²) in [6, 6.07) is 11.8. The minimum atomic E-state index is -0.168. The number of anilines is 1. The first kappa shape index (κ1) is 19.7. The number of nitrogens with one attached hydrogen (secondary N) is 2. The van der Waals surface area contributed by atoms with Gasteiger partial charge >= 0.3 is 0 Å². The van der Waals surface area contributed by atoms with Gasteiger partial charge in [-0.05, 0) is 37.1 Å². The summed E-state index contributed by atoms with van der Waals surface area (Å²) < 4.78 is 0. The summed E-state index contributed by atoms with van der Waals surface area (Å²) in [5.41, 5.74) is 2.21. The van der Waals surface area contributed by atoms with E-state index in [1.54, 1.807) is 19.3 Å². The van der Waals surface area contributed by atoms with Gasteiger partial charge in [0.25, 0.3) is 11.5 Å². The van der Waals surface area contributed by atoms with Crippen molar-refractivity contribution < 1.29 is 4.79 Å². The lowest BCUT2D eigenvalue weighted by Crippen LogP contribution is -2.54. The lowest BCUT2D eigenvalue weighted by atomic mass is 9.78. The molecular formula is C23H26N6O2. The zero-order chi connectivity index (χ0) is 21.4. The molecule has 8 heteroatoms. The number of amides is 1. The summed E-state index contributed by atoms with van der Waals surface area (Å²) in [6.07, 6.45) is 3.84. The van der Waals surface area contributed by atoms with Crippen LogP contribution in [-0.2, 0) is 0 Å². The van der Waals surface area contributed by atoms with Crippen molar-refractivity contribution in [2.45, 2.75) is 24.8 Å². The summed E-state index contributed by atoms with van der Waals surface area (Å²) in [4.78, 5) is 40.8. The molecule has 160 valence electrons. The topological polar surface area (TPSA) is 94.2 Å². The van der Waals surface area contributed by atoms with Gasteiger partial charge in [-0.3, -0.25) is 14.5 Å². The third-order valence-electron chi connectivity index (χ3n) is 6.53. The molecule has 0 radical (unpaired) electrons. The quantitative estimate of drug-likeness (QED) is 0.670. The van der Waals surface area contributed by atoms with E-state index in [2.05, 4.69) is 25.1 Å². The van der Waals surface area contributed by atoms with Crippen molar-refractivity contribution in [3.05, 3.63) is 64.5 Å². The van der Waals surface area contributed by atoms with Crippen LogP contribution in [0.1, 0.15) is 35.1 Å². The standard InChI is InChI=1S/C23H26N6O2/c1-24-23(31)20-7-6-16(14-25-20)28-8-10-29(11-9-28)17-12-15(13-17)21-26-19-5-3-2-4-18(19)22(30)27-21/h2-7,14-15,17H,8-13H2,1H3,(H,24,31)(H,26,27,30). The minimum absolute atomic E-state index is 0.0475. The van der Waals surface area contributed by atoms with Crippen molar-refractivity contribution in [1.29, 1.82) is 0 Å². The summed E-state index contributed by atoms with van der Waals surface area (Å²) in [6.45, 7) is 3.87. The Bertz CT molecular complexity index is 1140. The first-order chi connectivity index (χ1) is 15.1. The third kappa shape index (κ3) is 3.79. The van der Waals surface area contributed by atoms with E-state index < -0.39 is 0 Å². The Morgan fingerprint density at radius 2 is 1.87 bits per heavy atom. The zero-order valence-electron chi connectivity index (χ0n) is 17.5. The first-order valence-electron chi connectivity index (χ1n) is 10.8. The number of carbonyl (C=O) groups excluding carboxylic acids is 1. The molecule has 2 fully saturated rings. The second-order valence-electron chi connectivity index (χ2n) is 8.29. The number of nitrogens with zero attached hydrogens (tertiary/aromatic N) is 4. The van der Waals surface area contributed by atoms with Gasteiger partial charge in [0, 0.05) is 45.2 Å².